The first kappa shape index (κ1) is 8.25. The van der Waals surface area contributed by atoms with Gasteiger partial charge in [-0.1, -0.05) is 0 Å². The summed E-state index contributed by atoms with van der Waals surface area (Å²) in [6.07, 6.45) is 3.61. The maximum absolute atomic E-state index is 10.8. The molecule has 13 heavy (non-hydrogen) atoms. The van der Waals surface area contributed by atoms with Gasteiger partial charge in [0.05, 0.1) is 12.7 Å². The third-order valence-corrected chi connectivity index (χ3v) is 2.03. The lowest BCUT2D eigenvalue weighted by Crippen LogP contribution is -2.30. The van der Waals surface area contributed by atoms with Gasteiger partial charge >= 0.3 is 0 Å². The lowest BCUT2D eigenvalue weighted by atomic mass is 10.2. The molecule has 0 aliphatic carbocycles. The summed E-state index contributed by atoms with van der Waals surface area (Å²) in [5.74, 6) is 0.898. The third kappa shape index (κ3) is 2.06. The molecular formula is C8H11N3O2. The van der Waals surface area contributed by atoms with Crippen LogP contribution in [0.25, 0.3) is 0 Å². The maximum atomic E-state index is 10.8. The lowest BCUT2D eigenvalue weighted by Gasteiger charge is -2.07. The van der Waals surface area contributed by atoms with Crippen LogP contribution in [-0.2, 0) is 11.3 Å². The molecule has 1 amide bonds. The zero-order valence-corrected chi connectivity index (χ0v) is 7.12. The predicted molar refractivity (Wildman–Crippen MR) is 44.8 cm³/mol. The van der Waals surface area contributed by atoms with Gasteiger partial charge in [0.25, 0.3) is 0 Å². The Morgan fingerprint density at radius 2 is 2.69 bits per heavy atom. The Hall–Kier alpha value is -1.36. The summed E-state index contributed by atoms with van der Waals surface area (Å²) < 4.78 is 5.04. The fourth-order valence-corrected chi connectivity index (χ4v) is 1.32. The normalized spacial score (nSPS) is 21.8. The zero-order valence-electron chi connectivity index (χ0n) is 7.12. The molecule has 1 unspecified atom stereocenters. The molecule has 0 spiro atoms. The van der Waals surface area contributed by atoms with E-state index in [0.717, 1.165) is 5.76 Å². The van der Waals surface area contributed by atoms with Crippen LogP contribution in [0.5, 0.6) is 0 Å². The topological polar surface area (TPSA) is 67.2 Å². The Morgan fingerprint density at radius 3 is 3.31 bits per heavy atom. The van der Waals surface area contributed by atoms with Gasteiger partial charge in [-0.2, -0.15) is 0 Å². The van der Waals surface area contributed by atoms with Crippen LogP contribution in [0, 0.1) is 0 Å². The van der Waals surface area contributed by atoms with E-state index in [1.807, 2.05) is 0 Å². The van der Waals surface area contributed by atoms with Crippen LogP contribution >= 0.6 is 0 Å². The first-order chi connectivity index (χ1) is 6.34. The summed E-state index contributed by atoms with van der Waals surface area (Å²) >= 11 is 0. The number of nitrogens with one attached hydrogen (secondary N) is 2. The van der Waals surface area contributed by atoms with E-state index >= 15 is 0 Å². The van der Waals surface area contributed by atoms with Gasteiger partial charge in [-0.15, -0.1) is 0 Å². The summed E-state index contributed by atoms with van der Waals surface area (Å²) in [4.78, 5) is 14.6. The molecular weight excluding hydrogens is 170 g/mol. The zero-order chi connectivity index (χ0) is 9.10. The number of rotatable bonds is 3. The fourth-order valence-electron chi connectivity index (χ4n) is 1.32. The molecule has 1 aliphatic heterocycles. The van der Waals surface area contributed by atoms with E-state index in [0.29, 0.717) is 19.5 Å². The second-order valence-electron chi connectivity index (χ2n) is 3.05. The Labute approximate surface area is 75.5 Å². The smallest absolute Gasteiger partial charge is 0.221 e. The van der Waals surface area contributed by atoms with Gasteiger partial charge in [0, 0.05) is 19.0 Å². The van der Waals surface area contributed by atoms with Crippen molar-refractivity contribution in [2.75, 3.05) is 6.54 Å². The number of carbonyl (C=O) groups excluding carboxylic acids is 1. The van der Waals surface area contributed by atoms with E-state index < -0.39 is 0 Å². The summed E-state index contributed by atoms with van der Waals surface area (Å²) in [5.41, 5.74) is 0. The molecule has 0 saturated carbocycles. The summed E-state index contributed by atoms with van der Waals surface area (Å²) in [6.45, 7) is 1.33. The highest BCUT2D eigenvalue weighted by molar-refractivity contribution is 5.78. The Balaban J connectivity index is 1.77. The number of hydrogen-bond donors (Lipinski definition) is 2. The highest BCUT2D eigenvalue weighted by Crippen LogP contribution is 2.01. The van der Waals surface area contributed by atoms with Crippen LogP contribution in [0.1, 0.15) is 12.2 Å². The number of oxazole rings is 1. The van der Waals surface area contributed by atoms with Gasteiger partial charge in [-0.25, -0.2) is 4.98 Å². The second-order valence-corrected chi connectivity index (χ2v) is 3.05. The quantitative estimate of drug-likeness (QED) is 0.669. The highest BCUT2D eigenvalue weighted by Gasteiger charge is 2.20. The molecule has 0 bridgehead atoms. The predicted octanol–water partition coefficient (Wildman–Crippen LogP) is -0.347. The average molecular weight is 181 g/mol. The molecule has 0 aromatic carbocycles. The van der Waals surface area contributed by atoms with E-state index in [-0.39, 0.29) is 11.9 Å². The van der Waals surface area contributed by atoms with Gasteiger partial charge in [0.2, 0.25) is 5.91 Å². The molecule has 1 aromatic heterocycles. The number of hydrogen-bond acceptors (Lipinski definition) is 4. The summed E-state index contributed by atoms with van der Waals surface area (Å²) in [5, 5.41) is 5.95. The van der Waals surface area contributed by atoms with Gasteiger partial charge < -0.3 is 15.1 Å². The average Bonchev–Trinajstić information content (AvgIpc) is 2.71. The van der Waals surface area contributed by atoms with Gasteiger partial charge in [-0.05, 0) is 0 Å². The molecule has 70 valence electrons. The minimum atomic E-state index is 0.107. The molecule has 1 aliphatic rings. The molecule has 2 heterocycles. The van der Waals surface area contributed by atoms with E-state index in [4.69, 9.17) is 4.42 Å². The van der Waals surface area contributed by atoms with Crippen LogP contribution in [0.2, 0.25) is 0 Å². The van der Waals surface area contributed by atoms with Crippen molar-refractivity contribution in [1.29, 1.82) is 0 Å². The molecule has 1 fully saturated rings. The van der Waals surface area contributed by atoms with E-state index in [1.54, 1.807) is 6.20 Å². The highest BCUT2D eigenvalue weighted by atomic mass is 16.3. The minimum absolute atomic E-state index is 0.107. The van der Waals surface area contributed by atoms with Crippen molar-refractivity contribution in [3.8, 4) is 0 Å². The van der Waals surface area contributed by atoms with Crippen molar-refractivity contribution in [2.45, 2.75) is 19.0 Å². The SMILES string of the molecule is O=C1CC(NCc2cnco2)CN1. The van der Waals surface area contributed by atoms with Gasteiger partial charge in [-0.3, -0.25) is 4.79 Å². The van der Waals surface area contributed by atoms with Crippen molar-refractivity contribution in [2.24, 2.45) is 0 Å². The molecule has 2 N–H and O–H groups in total. The van der Waals surface area contributed by atoms with Crippen LogP contribution in [0.15, 0.2) is 17.0 Å². The first-order valence-electron chi connectivity index (χ1n) is 4.22. The molecule has 2 rings (SSSR count). The molecule has 5 heteroatoms. The molecule has 1 aromatic rings. The second kappa shape index (κ2) is 3.57. The van der Waals surface area contributed by atoms with E-state index in [2.05, 4.69) is 15.6 Å². The molecule has 1 atom stereocenters. The lowest BCUT2D eigenvalue weighted by molar-refractivity contribution is -0.119. The van der Waals surface area contributed by atoms with Crippen molar-refractivity contribution in [3.05, 3.63) is 18.4 Å². The number of amides is 1. The summed E-state index contributed by atoms with van der Waals surface area (Å²) in [7, 11) is 0. The van der Waals surface area contributed by atoms with Crippen molar-refractivity contribution >= 4 is 5.91 Å². The van der Waals surface area contributed by atoms with Crippen LogP contribution in [-0.4, -0.2) is 23.5 Å². The Kier molecular flexibility index (Phi) is 2.27. The third-order valence-electron chi connectivity index (χ3n) is 2.03. The van der Waals surface area contributed by atoms with Gasteiger partial charge in [0.1, 0.15) is 5.76 Å². The van der Waals surface area contributed by atoms with E-state index in [1.165, 1.54) is 6.39 Å². The number of nitrogens with zero attached hydrogens (tertiary/aromatic N) is 1. The minimum Gasteiger partial charge on any atom is -0.447 e. The Morgan fingerprint density at radius 1 is 1.77 bits per heavy atom. The molecule has 0 radical (unpaired) electrons. The van der Waals surface area contributed by atoms with E-state index in [9.17, 15) is 4.79 Å². The number of carbonyl (C=O) groups is 1. The van der Waals surface area contributed by atoms with Crippen LogP contribution in [0.3, 0.4) is 0 Å². The number of aromatic nitrogens is 1. The van der Waals surface area contributed by atoms with Crippen LogP contribution in [0.4, 0.5) is 0 Å². The van der Waals surface area contributed by atoms with Crippen LogP contribution < -0.4 is 10.6 Å². The molecule has 5 nitrogen and oxygen atoms in total. The maximum Gasteiger partial charge on any atom is 0.221 e. The summed E-state index contributed by atoms with van der Waals surface area (Å²) in [6, 6.07) is 0.220. The Bertz CT molecular complexity index is 284. The standard InChI is InChI=1S/C8H11N3O2/c12-8-1-6(2-11-8)10-4-7-3-9-5-13-7/h3,5-6,10H,1-2,4H2,(H,11,12). The molecule has 1 saturated heterocycles. The fraction of sp³-hybridized carbons (Fsp3) is 0.500. The van der Waals surface area contributed by atoms with Crippen molar-refractivity contribution in [3.63, 3.8) is 0 Å². The monoisotopic (exact) mass is 181 g/mol. The first-order valence-corrected chi connectivity index (χ1v) is 4.22. The van der Waals surface area contributed by atoms with Crippen molar-refractivity contribution < 1.29 is 9.21 Å². The van der Waals surface area contributed by atoms with Gasteiger partial charge in [0.15, 0.2) is 6.39 Å². The van der Waals surface area contributed by atoms with Crippen molar-refractivity contribution in [1.82, 2.24) is 15.6 Å². The largest absolute Gasteiger partial charge is 0.447 e.